The summed E-state index contributed by atoms with van der Waals surface area (Å²) in [6, 6.07) is 3.71. The molecule has 1 heterocycles. The molecular weight excluding hydrogens is 356 g/mol. The van der Waals surface area contributed by atoms with Crippen LogP contribution in [0.1, 0.15) is 20.3 Å². The summed E-state index contributed by atoms with van der Waals surface area (Å²) in [7, 11) is 0. The Morgan fingerprint density at radius 3 is 1.79 bits per heavy atom. The Morgan fingerprint density at radius 2 is 1.68 bits per heavy atom. The van der Waals surface area contributed by atoms with E-state index in [1.165, 1.54) is 3.21 Å². The molecule has 1 nitrogen and oxygen atoms in total. The Bertz CT molecular complexity index is 249. The van der Waals surface area contributed by atoms with Gasteiger partial charge in [0, 0.05) is 0 Å². The van der Waals surface area contributed by atoms with Crippen LogP contribution in [0.2, 0.25) is 0 Å². The second kappa shape index (κ2) is 30.8. The van der Waals surface area contributed by atoms with Gasteiger partial charge in [0.25, 0.3) is 0 Å². The zero-order valence-corrected chi connectivity index (χ0v) is 16.6. The van der Waals surface area contributed by atoms with Crippen LogP contribution in [0.5, 0.6) is 0 Å². The summed E-state index contributed by atoms with van der Waals surface area (Å²) in [6.07, 6.45) is 14.6. The largest absolute Gasteiger partial charge is 0.484 e. The summed E-state index contributed by atoms with van der Waals surface area (Å²) in [5.74, 6) is 0. The van der Waals surface area contributed by atoms with E-state index < -0.39 is 0 Å². The third-order valence-corrected chi connectivity index (χ3v) is 1.03. The summed E-state index contributed by atoms with van der Waals surface area (Å²) >= 11 is 1.55. The molecule has 1 aromatic rings. The van der Waals surface area contributed by atoms with Gasteiger partial charge in [0.1, 0.15) is 0 Å². The fourth-order valence-electron chi connectivity index (χ4n) is 0.581. The summed E-state index contributed by atoms with van der Waals surface area (Å²) in [6.45, 7) is 4.25. The number of aromatic amines is 1. The van der Waals surface area contributed by atoms with E-state index in [1.807, 2.05) is 30.5 Å². The second-order valence-corrected chi connectivity index (χ2v) is 5.28. The predicted octanol–water partition coefficient (Wildman–Crippen LogP) is 5.06. The summed E-state index contributed by atoms with van der Waals surface area (Å²) in [5, 5.41) is 0. The average molecular weight is 383 g/mol. The average Bonchev–Trinajstić information content (AvgIpc) is 2.83. The third kappa shape index (κ3) is 46.0. The summed E-state index contributed by atoms with van der Waals surface area (Å²) in [5.41, 5.74) is 0. The molecule has 0 radical (unpaired) electrons. The van der Waals surface area contributed by atoms with E-state index in [2.05, 4.69) is 37.2 Å². The topological polar surface area (TPSA) is 15.8 Å². The van der Waals surface area contributed by atoms with Gasteiger partial charge in [-0.1, -0.05) is 0 Å². The van der Waals surface area contributed by atoms with Gasteiger partial charge < -0.3 is 27.3 Å². The van der Waals surface area contributed by atoms with Crippen LogP contribution in [-0.2, 0) is 24.2 Å². The molecule has 0 spiro atoms. The first-order valence-corrected chi connectivity index (χ1v) is 5.69. The van der Waals surface area contributed by atoms with Gasteiger partial charge in [0.2, 0.25) is 0 Å². The Balaban J connectivity index is -0.0000000297. The smallest absolute Gasteiger partial charge is 0.108 e. The Labute approximate surface area is 148 Å². The van der Waals surface area contributed by atoms with Crippen molar-refractivity contribution in [3.63, 3.8) is 0 Å². The summed E-state index contributed by atoms with van der Waals surface area (Å²) in [4.78, 5) is 2.74. The standard InChI is InChI=1S/C5H5.C4H4N.C3H6.3CH3.2ClH.Zr/c2*1-2-4-5-3-1;1-3-2;;;;;;/h1-3H,4H2;1-3,5H;1-2H3;3*1H3;2*1H;/q2*-1;;3*-1;;;. The van der Waals surface area contributed by atoms with Gasteiger partial charge in [-0.3, -0.25) is 6.08 Å². The first-order chi connectivity index (χ1) is 6.73. The summed E-state index contributed by atoms with van der Waals surface area (Å²) < 4.78 is 1.51. The quantitative estimate of drug-likeness (QED) is 0.604. The molecule has 0 atom stereocenters. The molecular formula is C15H26Cl2NZr-5. The molecule has 114 valence electrons. The Kier molecular flexibility index (Phi) is 59.2. The maximum atomic E-state index is 2.99. The number of allylic oxidation sites excluding steroid dienone is 4. The molecule has 1 aliphatic rings. The zero-order valence-electron chi connectivity index (χ0n) is 12.5. The second-order valence-electron chi connectivity index (χ2n) is 2.82. The van der Waals surface area contributed by atoms with Crippen molar-refractivity contribution in [1.82, 2.24) is 4.98 Å². The maximum absolute atomic E-state index is 2.99. The van der Waals surface area contributed by atoms with E-state index in [9.17, 15) is 0 Å². The minimum atomic E-state index is 0. The molecule has 0 fully saturated rings. The molecule has 19 heavy (non-hydrogen) atoms. The van der Waals surface area contributed by atoms with E-state index >= 15 is 0 Å². The molecule has 1 aliphatic carbocycles. The predicted molar refractivity (Wildman–Crippen MR) is 91.3 cm³/mol. The van der Waals surface area contributed by atoms with Crippen LogP contribution in [-0.4, -0.2) is 8.19 Å². The molecule has 0 unspecified atom stereocenters. The molecule has 0 bridgehead atoms. The van der Waals surface area contributed by atoms with E-state index in [0.29, 0.717) is 0 Å². The van der Waals surface area contributed by atoms with Crippen LogP contribution in [0.4, 0.5) is 0 Å². The monoisotopic (exact) mass is 380 g/mol. The van der Waals surface area contributed by atoms with Crippen molar-refractivity contribution in [1.29, 1.82) is 0 Å². The molecule has 0 amide bonds. The fraction of sp³-hybridized carbons (Fsp3) is 0.200. The fourth-order valence-corrected chi connectivity index (χ4v) is 0.581. The number of hydrogen-bond acceptors (Lipinski definition) is 0. The van der Waals surface area contributed by atoms with E-state index in [0.717, 1.165) is 6.42 Å². The van der Waals surface area contributed by atoms with Crippen LogP contribution in [0.15, 0.2) is 36.6 Å². The number of hydrogen-bond donors (Lipinski definition) is 1. The van der Waals surface area contributed by atoms with Crippen LogP contribution in [0, 0.1) is 34.6 Å². The van der Waals surface area contributed by atoms with Gasteiger partial charge in [0.15, 0.2) is 0 Å². The molecule has 0 aliphatic heterocycles. The molecule has 1 aromatic heterocycles. The van der Waals surface area contributed by atoms with Crippen LogP contribution in [0.25, 0.3) is 0 Å². The van der Waals surface area contributed by atoms with Crippen molar-refractivity contribution in [3.8, 4) is 0 Å². The van der Waals surface area contributed by atoms with Crippen molar-refractivity contribution in [2.24, 2.45) is 0 Å². The normalized spacial score (nSPS) is 8.05. The van der Waals surface area contributed by atoms with E-state index in [1.54, 1.807) is 24.2 Å². The van der Waals surface area contributed by atoms with Crippen molar-refractivity contribution in [2.45, 2.75) is 20.3 Å². The Morgan fingerprint density at radius 1 is 1.16 bits per heavy atom. The minimum Gasteiger partial charge on any atom is -0.484 e. The molecule has 0 aromatic carbocycles. The van der Waals surface area contributed by atoms with Gasteiger partial charge in [0.05, 0.1) is 0 Å². The van der Waals surface area contributed by atoms with E-state index in [4.69, 9.17) is 0 Å². The van der Waals surface area contributed by atoms with Crippen molar-refractivity contribution >= 4 is 28.0 Å². The third-order valence-electron chi connectivity index (χ3n) is 1.03. The van der Waals surface area contributed by atoms with Crippen molar-refractivity contribution in [3.05, 3.63) is 71.1 Å². The van der Waals surface area contributed by atoms with Gasteiger partial charge in [-0.2, -0.15) is 24.4 Å². The first-order valence-electron chi connectivity index (χ1n) is 4.46. The minimum absolute atomic E-state index is 0. The first kappa shape index (κ1) is 36.5. The van der Waals surface area contributed by atoms with Gasteiger partial charge in [-0.15, -0.1) is 37.4 Å². The number of rotatable bonds is 0. The van der Waals surface area contributed by atoms with Crippen molar-refractivity contribution in [2.75, 3.05) is 0 Å². The number of halogens is 2. The van der Waals surface area contributed by atoms with Gasteiger partial charge in [-0.05, 0) is 0 Å². The van der Waals surface area contributed by atoms with Crippen LogP contribution < -0.4 is 0 Å². The number of aromatic nitrogens is 1. The number of nitrogens with one attached hydrogen (secondary N) is 1. The van der Waals surface area contributed by atoms with Crippen LogP contribution in [0.3, 0.4) is 0 Å². The molecule has 1 N–H and O–H groups in total. The molecule has 0 saturated carbocycles. The Hall–Kier alpha value is 0.0931. The molecule has 4 heteroatoms. The van der Waals surface area contributed by atoms with Crippen LogP contribution >= 0.6 is 24.8 Å². The SMILES string of the molecule is C[C](C)=[Zr].Cl.Cl.[C-]1=CC=CC1.[CH3-].[CH3-].[CH3-].[c-]1ccc[nH]1. The van der Waals surface area contributed by atoms with Gasteiger partial charge in [-0.25, -0.2) is 12.2 Å². The number of H-pyrrole nitrogens is 1. The molecule has 2 rings (SSSR count). The molecule has 0 saturated heterocycles. The van der Waals surface area contributed by atoms with Gasteiger partial charge >= 0.3 is 41.3 Å². The van der Waals surface area contributed by atoms with E-state index in [-0.39, 0.29) is 47.1 Å². The zero-order chi connectivity index (χ0) is 10.6. The maximum Gasteiger partial charge on any atom is -0.108 e. The van der Waals surface area contributed by atoms with Crippen molar-refractivity contribution < 1.29 is 24.2 Å².